The first kappa shape index (κ1) is 15.5. The zero-order valence-corrected chi connectivity index (χ0v) is 13.3. The van der Waals surface area contributed by atoms with Gasteiger partial charge in [0.2, 0.25) is 5.91 Å². The molecule has 3 rings (SSSR count). The number of pyridine rings is 1. The lowest BCUT2D eigenvalue weighted by Crippen LogP contribution is -2.49. The smallest absolute Gasteiger partial charge is 0.223 e. The quantitative estimate of drug-likeness (QED) is 0.873. The van der Waals surface area contributed by atoms with Gasteiger partial charge in [-0.25, -0.2) is 0 Å². The van der Waals surface area contributed by atoms with Gasteiger partial charge in [0, 0.05) is 38.4 Å². The van der Waals surface area contributed by atoms with E-state index in [0.717, 1.165) is 31.6 Å². The van der Waals surface area contributed by atoms with Crippen molar-refractivity contribution >= 4 is 5.91 Å². The summed E-state index contributed by atoms with van der Waals surface area (Å²) in [5.41, 5.74) is 1.14. The Kier molecular flexibility index (Phi) is 5.43. The molecule has 0 aromatic carbocycles. The maximum absolute atomic E-state index is 12.8. The Morgan fingerprint density at radius 3 is 2.82 bits per heavy atom. The van der Waals surface area contributed by atoms with E-state index in [9.17, 15) is 4.79 Å². The number of carbonyl (C=O) groups is 1. The fraction of sp³-hybridized carbons (Fsp3) is 0.667. The molecule has 1 aliphatic carbocycles. The van der Waals surface area contributed by atoms with Crippen LogP contribution in [0, 0.1) is 5.92 Å². The molecule has 1 N–H and O–H groups in total. The highest BCUT2D eigenvalue weighted by Gasteiger charge is 2.29. The first-order valence-corrected chi connectivity index (χ1v) is 8.74. The lowest BCUT2D eigenvalue weighted by atomic mass is 9.95. The summed E-state index contributed by atoms with van der Waals surface area (Å²) in [7, 11) is 0. The van der Waals surface area contributed by atoms with Gasteiger partial charge in [0.15, 0.2) is 0 Å². The third-order valence-corrected chi connectivity index (χ3v) is 5.07. The van der Waals surface area contributed by atoms with Crippen molar-refractivity contribution in [3.63, 3.8) is 0 Å². The number of hydrogen-bond acceptors (Lipinski definition) is 3. The number of aromatic nitrogens is 1. The number of nitrogens with one attached hydrogen (secondary N) is 1. The fourth-order valence-corrected chi connectivity index (χ4v) is 3.81. The Labute approximate surface area is 133 Å². The number of rotatable bonds is 3. The third-order valence-electron chi connectivity index (χ3n) is 5.07. The molecule has 1 saturated carbocycles. The van der Waals surface area contributed by atoms with Gasteiger partial charge in [-0.05, 0) is 30.4 Å². The second-order valence-electron chi connectivity index (χ2n) is 6.66. The minimum Gasteiger partial charge on any atom is -0.333 e. The van der Waals surface area contributed by atoms with Crippen molar-refractivity contribution < 1.29 is 4.79 Å². The van der Waals surface area contributed by atoms with Crippen LogP contribution < -0.4 is 5.32 Å². The maximum Gasteiger partial charge on any atom is 0.223 e. The largest absolute Gasteiger partial charge is 0.333 e. The summed E-state index contributed by atoms with van der Waals surface area (Å²) in [5.74, 6) is 0.932. The second kappa shape index (κ2) is 7.73. The van der Waals surface area contributed by atoms with Gasteiger partial charge in [-0.2, -0.15) is 0 Å². The summed E-state index contributed by atoms with van der Waals surface area (Å²) in [6.07, 6.45) is 12.2. The number of hydrogen-bond donors (Lipinski definition) is 1. The Morgan fingerprint density at radius 1 is 1.27 bits per heavy atom. The van der Waals surface area contributed by atoms with E-state index in [-0.39, 0.29) is 6.04 Å². The van der Waals surface area contributed by atoms with Crippen LogP contribution in [0.5, 0.6) is 0 Å². The molecule has 0 spiro atoms. The summed E-state index contributed by atoms with van der Waals surface area (Å²) in [5, 5.41) is 3.41. The van der Waals surface area contributed by atoms with Gasteiger partial charge in [0.25, 0.3) is 0 Å². The predicted molar refractivity (Wildman–Crippen MR) is 87.4 cm³/mol. The molecule has 2 heterocycles. The van der Waals surface area contributed by atoms with Crippen LogP contribution in [0.2, 0.25) is 0 Å². The van der Waals surface area contributed by atoms with Crippen LogP contribution in [0.4, 0.5) is 0 Å². The highest BCUT2D eigenvalue weighted by atomic mass is 16.2. The van der Waals surface area contributed by atoms with Crippen LogP contribution in [-0.4, -0.2) is 35.4 Å². The van der Waals surface area contributed by atoms with E-state index in [4.69, 9.17) is 0 Å². The topological polar surface area (TPSA) is 45.2 Å². The first-order valence-electron chi connectivity index (χ1n) is 8.74. The van der Waals surface area contributed by atoms with Crippen LogP contribution in [0.3, 0.4) is 0 Å². The van der Waals surface area contributed by atoms with Gasteiger partial charge in [-0.15, -0.1) is 0 Å². The minimum atomic E-state index is 0.140. The van der Waals surface area contributed by atoms with Gasteiger partial charge in [-0.3, -0.25) is 9.78 Å². The van der Waals surface area contributed by atoms with E-state index >= 15 is 0 Å². The molecule has 1 unspecified atom stereocenters. The van der Waals surface area contributed by atoms with E-state index in [2.05, 4.69) is 21.3 Å². The van der Waals surface area contributed by atoms with Crippen LogP contribution in [0.25, 0.3) is 0 Å². The second-order valence-corrected chi connectivity index (χ2v) is 6.66. The van der Waals surface area contributed by atoms with Crippen LogP contribution >= 0.6 is 0 Å². The number of amides is 1. The third kappa shape index (κ3) is 3.86. The molecule has 2 fully saturated rings. The summed E-state index contributed by atoms with van der Waals surface area (Å²) in [6.45, 7) is 2.54. The first-order chi connectivity index (χ1) is 10.8. The molecule has 120 valence electrons. The van der Waals surface area contributed by atoms with Gasteiger partial charge in [-0.1, -0.05) is 31.7 Å². The molecular formula is C18H27N3O. The summed E-state index contributed by atoms with van der Waals surface area (Å²) in [4.78, 5) is 19.1. The number of piperazine rings is 1. The average molecular weight is 301 g/mol. The molecule has 0 radical (unpaired) electrons. The van der Waals surface area contributed by atoms with Crippen molar-refractivity contribution in [3.8, 4) is 0 Å². The van der Waals surface area contributed by atoms with Crippen molar-refractivity contribution in [2.24, 2.45) is 5.92 Å². The van der Waals surface area contributed by atoms with Crippen molar-refractivity contribution in [2.45, 2.75) is 51.0 Å². The Hall–Kier alpha value is -1.42. The standard InChI is InChI=1S/C18H27N3O/c22-18(12-15-6-3-1-2-4-7-15)21-11-10-20-14-17(21)16-8-5-9-19-13-16/h5,8-9,13,15,17,20H,1-4,6-7,10-12,14H2. The molecule has 0 bridgehead atoms. The zero-order valence-electron chi connectivity index (χ0n) is 13.3. The van der Waals surface area contributed by atoms with E-state index in [1.807, 2.05) is 12.3 Å². The molecule has 1 atom stereocenters. The Balaban J connectivity index is 1.66. The highest BCUT2D eigenvalue weighted by Crippen LogP contribution is 2.28. The molecule has 1 aliphatic heterocycles. The maximum atomic E-state index is 12.8. The number of carbonyl (C=O) groups excluding carboxylic acids is 1. The molecule has 1 aromatic rings. The lowest BCUT2D eigenvalue weighted by Gasteiger charge is -2.37. The zero-order chi connectivity index (χ0) is 15.2. The Bertz CT molecular complexity index is 468. The van der Waals surface area contributed by atoms with E-state index in [1.54, 1.807) is 6.20 Å². The molecule has 4 heteroatoms. The Morgan fingerprint density at radius 2 is 2.09 bits per heavy atom. The number of nitrogens with zero attached hydrogens (tertiary/aromatic N) is 2. The monoisotopic (exact) mass is 301 g/mol. The normalized spacial score (nSPS) is 24.0. The summed E-state index contributed by atoms with van der Waals surface area (Å²) in [6, 6.07) is 4.18. The SMILES string of the molecule is O=C(CC1CCCCCC1)N1CCNCC1c1cccnc1. The van der Waals surface area contributed by atoms with E-state index in [1.165, 1.54) is 38.5 Å². The summed E-state index contributed by atoms with van der Waals surface area (Å²) >= 11 is 0. The molecule has 1 amide bonds. The van der Waals surface area contributed by atoms with Crippen molar-refractivity contribution in [1.82, 2.24) is 15.2 Å². The predicted octanol–water partition coefficient (Wildman–Crippen LogP) is 2.92. The lowest BCUT2D eigenvalue weighted by molar-refractivity contribution is -0.135. The molecule has 2 aliphatic rings. The van der Waals surface area contributed by atoms with Crippen LogP contribution in [-0.2, 0) is 4.79 Å². The summed E-state index contributed by atoms with van der Waals surface area (Å²) < 4.78 is 0. The molecule has 22 heavy (non-hydrogen) atoms. The van der Waals surface area contributed by atoms with Crippen LogP contribution in [0.1, 0.15) is 56.6 Å². The highest BCUT2D eigenvalue weighted by molar-refractivity contribution is 5.77. The van der Waals surface area contributed by atoms with Gasteiger partial charge in [0.1, 0.15) is 0 Å². The van der Waals surface area contributed by atoms with Crippen molar-refractivity contribution in [2.75, 3.05) is 19.6 Å². The van der Waals surface area contributed by atoms with Gasteiger partial charge >= 0.3 is 0 Å². The fourth-order valence-electron chi connectivity index (χ4n) is 3.81. The van der Waals surface area contributed by atoms with Gasteiger partial charge < -0.3 is 10.2 Å². The molecule has 1 saturated heterocycles. The average Bonchev–Trinajstić information content (AvgIpc) is 2.84. The van der Waals surface area contributed by atoms with Crippen molar-refractivity contribution in [1.29, 1.82) is 0 Å². The van der Waals surface area contributed by atoms with E-state index in [0.29, 0.717) is 11.8 Å². The van der Waals surface area contributed by atoms with Crippen molar-refractivity contribution in [3.05, 3.63) is 30.1 Å². The minimum absolute atomic E-state index is 0.140. The molecule has 1 aromatic heterocycles. The molecule has 4 nitrogen and oxygen atoms in total. The van der Waals surface area contributed by atoms with Crippen LogP contribution in [0.15, 0.2) is 24.5 Å². The van der Waals surface area contributed by atoms with Gasteiger partial charge in [0.05, 0.1) is 6.04 Å². The molecular weight excluding hydrogens is 274 g/mol. The van der Waals surface area contributed by atoms with E-state index < -0.39 is 0 Å².